The van der Waals surface area contributed by atoms with E-state index < -0.39 is 0 Å². The summed E-state index contributed by atoms with van der Waals surface area (Å²) in [5.41, 5.74) is 4.82. The molecule has 0 unspecified atom stereocenters. The number of rotatable bonds is 2. The molecule has 0 bridgehead atoms. The molecule has 0 atom stereocenters. The number of nitrogens with one attached hydrogen (secondary N) is 1. The Hall–Kier alpha value is -2.40. The van der Waals surface area contributed by atoms with Crippen LogP contribution in [0.1, 0.15) is 24.8 Å². The third-order valence-corrected chi connectivity index (χ3v) is 6.05. The molecule has 1 aliphatic carbocycles. The molecule has 124 valence electrons. The molecular weight excluding hydrogens is 378 g/mol. The fourth-order valence-electron chi connectivity index (χ4n) is 3.94. The standard InChI is InChI=1S/C20H16BrN3O/c21-16-12-13(11-15-18(16)23-19(25)20(15)8-4-9-20)17-7-10-22-24(17)14-5-2-1-3-6-14/h1-3,5-7,10-12H,4,8-9H2,(H,23,25). The SMILES string of the molecule is O=C1Nc2c(Br)cc(-c3ccnn3-c3ccccc3)cc2C12CCC2. The Kier molecular flexibility index (Phi) is 3.16. The fourth-order valence-corrected chi connectivity index (χ4v) is 4.50. The summed E-state index contributed by atoms with van der Waals surface area (Å²) in [6.07, 6.45) is 4.78. The zero-order valence-electron chi connectivity index (χ0n) is 13.5. The summed E-state index contributed by atoms with van der Waals surface area (Å²) in [6.45, 7) is 0. The van der Waals surface area contributed by atoms with Gasteiger partial charge in [-0.15, -0.1) is 0 Å². The van der Waals surface area contributed by atoms with Crippen LogP contribution < -0.4 is 5.32 Å². The molecule has 0 saturated heterocycles. The predicted octanol–water partition coefficient (Wildman–Crippen LogP) is 4.68. The molecule has 1 aliphatic heterocycles. The van der Waals surface area contributed by atoms with Crippen LogP contribution in [0.4, 0.5) is 5.69 Å². The summed E-state index contributed by atoms with van der Waals surface area (Å²) in [7, 11) is 0. The van der Waals surface area contributed by atoms with Crippen LogP contribution >= 0.6 is 15.9 Å². The number of halogens is 1. The highest BCUT2D eigenvalue weighted by atomic mass is 79.9. The summed E-state index contributed by atoms with van der Waals surface area (Å²) < 4.78 is 2.86. The van der Waals surface area contributed by atoms with Crippen LogP contribution in [0.3, 0.4) is 0 Å². The minimum absolute atomic E-state index is 0.142. The first-order chi connectivity index (χ1) is 12.2. The van der Waals surface area contributed by atoms with Gasteiger partial charge in [0.25, 0.3) is 0 Å². The fraction of sp³-hybridized carbons (Fsp3) is 0.200. The predicted molar refractivity (Wildman–Crippen MR) is 101 cm³/mol. The van der Waals surface area contributed by atoms with Crippen molar-refractivity contribution in [3.05, 3.63) is 64.8 Å². The highest BCUT2D eigenvalue weighted by molar-refractivity contribution is 9.10. The van der Waals surface area contributed by atoms with Gasteiger partial charge in [-0.2, -0.15) is 5.10 Å². The summed E-state index contributed by atoms with van der Waals surface area (Å²) in [4.78, 5) is 12.5. The first-order valence-electron chi connectivity index (χ1n) is 8.44. The molecule has 1 N–H and O–H groups in total. The molecule has 0 radical (unpaired) electrons. The van der Waals surface area contributed by atoms with E-state index in [0.717, 1.165) is 51.9 Å². The number of carbonyl (C=O) groups excluding carboxylic acids is 1. The highest BCUT2D eigenvalue weighted by Gasteiger charge is 2.51. The Bertz CT molecular complexity index is 989. The van der Waals surface area contributed by atoms with Crippen molar-refractivity contribution in [2.24, 2.45) is 0 Å². The van der Waals surface area contributed by atoms with Crippen LogP contribution in [-0.4, -0.2) is 15.7 Å². The van der Waals surface area contributed by atoms with Crippen molar-refractivity contribution in [1.82, 2.24) is 9.78 Å². The minimum Gasteiger partial charge on any atom is -0.324 e. The number of hydrogen-bond acceptors (Lipinski definition) is 2. The zero-order valence-corrected chi connectivity index (χ0v) is 15.1. The highest BCUT2D eigenvalue weighted by Crippen LogP contribution is 2.53. The number of aromatic nitrogens is 2. The molecule has 1 amide bonds. The van der Waals surface area contributed by atoms with Gasteiger partial charge in [0.2, 0.25) is 5.91 Å². The van der Waals surface area contributed by atoms with Gasteiger partial charge >= 0.3 is 0 Å². The second kappa shape index (κ2) is 5.30. The van der Waals surface area contributed by atoms with E-state index in [1.54, 1.807) is 0 Å². The Morgan fingerprint density at radius 3 is 2.64 bits per heavy atom. The van der Waals surface area contributed by atoms with Gasteiger partial charge in [0, 0.05) is 10.0 Å². The van der Waals surface area contributed by atoms with Crippen molar-refractivity contribution >= 4 is 27.5 Å². The normalized spacial score (nSPS) is 17.2. The molecule has 2 aromatic carbocycles. The number of benzene rings is 2. The number of fused-ring (bicyclic) bond motifs is 2. The molecule has 1 saturated carbocycles. The van der Waals surface area contributed by atoms with Crippen molar-refractivity contribution in [3.8, 4) is 16.9 Å². The Balaban J connectivity index is 1.68. The van der Waals surface area contributed by atoms with Crippen molar-refractivity contribution in [1.29, 1.82) is 0 Å². The van der Waals surface area contributed by atoms with Crippen molar-refractivity contribution in [2.45, 2.75) is 24.7 Å². The molecule has 1 spiro atoms. The first kappa shape index (κ1) is 14.9. The van der Waals surface area contributed by atoms with E-state index in [1.165, 1.54) is 0 Å². The maximum Gasteiger partial charge on any atom is 0.235 e. The topological polar surface area (TPSA) is 46.9 Å². The molecule has 25 heavy (non-hydrogen) atoms. The quantitative estimate of drug-likeness (QED) is 0.687. The molecule has 3 aromatic rings. The van der Waals surface area contributed by atoms with E-state index in [2.05, 4.69) is 38.5 Å². The van der Waals surface area contributed by atoms with Crippen LogP contribution in [-0.2, 0) is 10.2 Å². The van der Waals surface area contributed by atoms with Crippen LogP contribution in [0.2, 0.25) is 0 Å². The number of anilines is 1. The van der Waals surface area contributed by atoms with E-state index in [-0.39, 0.29) is 11.3 Å². The maximum atomic E-state index is 12.5. The summed E-state index contributed by atoms with van der Waals surface area (Å²) >= 11 is 3.65. The second-order valence-corrected chi connectivity index (χ2v) is 7.59. The lowest BCUT2D eigenvalue weighted by Crippen LogP contribution is -2.40. The summed E-state index contributed by atoms with van der Waals surface area (Å²) in [6, 6.07) is 16.3. The molecule has 2 aliphatic rings. The molecule has 2 heterocycles. The maximum absolute atomic E-state index is 12.5. The van der Waals surface area contributed by atoms with Crippen LogP contribution in [0.5, 0.6) is 0 Å². The molecule has 1 fully saturated rings. The van der Waals surface area contributed by atoms with Gasteiger partial charge in [-0.1, -0.05) is 24.6 Å². The largest absolute Gasteiger partial charge is 0.324 e. The lowest BCUT2D eigenvalue weighted by Gasteiger charge is -2.36. The average molecular weight is 394 g/mol. The van der Waals surface area contributed by atoms with Gasteiger partial charge in [-0.05, 0) is 64.7 Å². The number of hydrogen-bond donors (Lipinski definition) is 1. The monoisotopic (exact) mass is 393 g/mol. The molecule has 5 heteroatoms. The smallest absolute Gasteiger partial charge is 0.235 e. The second-order valence-electron chi connectivity index (χ2n) is 6.73. The van der Waals surface area contributed by atoms with Crippen LogP contribution in [0.25, 0.3) is 16.9 Å². The Labute approximate surface area is 154 Å². The van der Waals surface area contributed by atoms with Crippen LogP contribution in [0.15, 0.2) is 59.2 Å². The van der Waals surface area contributed by atoms with E-state index >= 15 is 0 Å². The molecule has 1 aromatic heterocycles. The van der Waals surface area contributed by atoms with Gasteiger partial charge in [-0.3, -0.25) is 4.79 Å². The van der Waals surface area contributed by atoms with Gasteiger partial charge in [-0.25, -0.2) is 4.68 Å². The summed E-state index contributed by atoms with van der Waals surface area (Å²) in [5.74, 6) is 0.142. The summed E-state index contributed by atoms with van der Waals surface area (Å²) in [5, 5.41) is 7.56. The lowest BCUT2D eigenvalue weighted by molar-refractivity contribution is -0.123. The average Bonchev–Trinajstić information content (AvgIpc) is 3.17. The van der Waals surface area contributed by atoms with E-state index in [1.807, 2.05) is 47.3 Å². The Morgan fingerprint density at radius 2 is 1.92 bits per heavy atom. The van der Waals surface area contributed by atoms with E-state index in [9.17, 15) is 4.79 Å². The minimum atomic E-state index is -0.328. The number of nitrogens with zero attached hydrogens (tertiary/aromatic N) is 2. The number of carbonyl (C=O) groups is 1. The van der Waals surface area contributed by atoms with Crippen molar-refractivity contribution < 1.29 is 4.79 Å². The third kappa shape index (κ3) is 2.05. The molecule has 4 nitrogen and oxygen atoms in total. The van der Waals surface area contributed by atoms with Crippen molar-refractivity contribution in [3.63, 3.8) is 0 Å². The zero-order chi connectivity index (χ0) is 17.0. The lowest BCUT2D eigenvalue weighted by atomic mass is 9.65. The van der Waals surface area contributed by atoms with Crippen LogP contribution in [0, 0.1) is 0 Å². The Morgan fingerprint density at radius 1 is 1.12 bits per heavy atom. The molecular formula is C20H16BrN3O. The number of para-hydroxylation sites is 1. The van der Waals surface area contributed by atoms with Gasteiger partial charge in [0.1, 0.15) is 0 Å². The van der Waals surface area contributed by atoms with Crippen molar-refractivity contribution in [2.75, 3.05) is 5.32 Å². The number of amides is 1. The third-order valence-electron chi connectivity index (χ3n) is 5.43. The van der Waals surface area contributed by atoms with E-state index in [0.29, 0.717) is 0 Å². The van der Waals surface area contributed by atoms with Gasteiger partial charge in [0.05, 0.1) is 28.7 Å². The van der Waals surface area contributed by atoms with E-state index in [4.69, 9.17) is 0 Å². The van der Waals surface area contributed by atoms with Gasteiger partial charge < -0.3 is 5.32 Å². The first-order valence-corrected chi connectivity index (χ1v) is 9.24. The van der Waals surface area contributed by atoms with Gasteiger partial charge in [0.15, 0.2) is 0 Å². The molecule has 5 rings (SSSR count).